The Kier molecular flexibility index (Phi) is 4.74. The summed E-state index contributed by atoms with van der Waals surface area (Å²) in [5.41, 5.74) is 1.15. The first-order valence-electron chi connectivity index (χ1n) is 7.86. The maximum atomic E-state index is 12.5. The molecule has 1 N–H and O–H groups in total. The Morgan fingerprint density at radius 3 is 2.27 bits per heavy atom. The van der Waals surface area contributed by atoms with Gasteiger partial charge in [-0.05, 0) is 23.6 Å². The lowest BCUT2D eigenvalue weighted by Gasteiger charge is -2.12. The molecule has 3 rings (SSSR count). The number of nitrogens with zero attached hydrogens (tertiary/aromatic N) is 2. The second-order valence-electron chi connectivity index (χ2n) is 5.63. The van der Waals surface area contributed by atoms with Crippen molar-refractivity contribution in [2.45, 2.75) is 0 Å². The molecule has 0 fully saturated rings. The zero-order valence-corrected chi connectivity index (χ0v) is 13.6. The van der Waals surface area contributed by atoms with Gasteiger partial charge >= 0.3 is 0 Å². The number of fused-ring (bicyclic) bond motifs is 1. The van der Waals surface area contributed by atoms with Crippen LogP contribution >= 0.6 is 0 Å². The van der Waals surface area contributed by atoms with Gasteiger partial charge < -0.3 is 5.32 Å². The minimum absolute atomic E-state index is 0.212. The molecular formula is C21H13N3O2. The standard InChI is InChI=1S/C21H13N3O2/c22-12-14-8-10-16(11-9-14)20(25)18(13-23)21(26)24-19-7-3-5-15-4-1-2-6-17(15)19/h1-11,18H,(H,24,26)/t18-/m1/s1. The number of hydrogen-bond donors (Lipinski definition) is 1. The highest BCUT2D eigenvalue weighted by molar-refractivity contribution is 6.17. The maximum Gasteiger partial charge on any atom is 0.249 e. The molecular weight excluding hydrogens is 326 g/mol. The fraction of sp³-hybridized carbons (Fsp3) is 0.0476. The maximum absolute atomic E-state index is 12.5. The summed E-state index contributed by atoms with van der Waals surface area (Å²) in [7, 11) is 0. The van der Waals surface area contributed by atoms with Gasteiger partial charge in [0.05, 0.1) is 17.7 Å². The number of nitriles is 2. The lowest BCUT2D eigenvalue weighted by molar-refractivity contribution is -0.117. The quantitative estimate of drug-likeness (QED) is 0.579. The van der Waals surface area contributed by atoms with E-state index in [9.17, 15) is 14.9 Å². The largest absolute Gasteiger partial charge is 0.324 e. The summed E-state index contributed by atoms with van der Waals surface area (Å²) in [6, 6.07) is 22.5. The van der Waals surface area contributed by atoms with Crippen molar-refractivity contribution in [3.63, 3.8) is 0 Å². The molecule has 1 atom stereocenters. The number of Topliss-reactive ketones (excluding diaryl/α,β-unsaturated/α-hetero) is 1. The topological polar surface area (TPSA) is 93.8 Å². The average Bonchev–Trinajstić information content (AvgIpc) is 2.69. The Hall–Kier alpha value is -3.96. The van der Waals surface area contributed by atoms with Crippen LogP contribution in [0.3, 0.4) is 0 Å². The normalized spacial score (nSPS) is 11.2. The van der Waals surface area contributed by atoms with Crippen molar-refractivity contribution >= 4 is 28.2 Å². The predicted octanol–water partition coefficient (Wildman–Crippen LogP) is 3.67. The molecule has 0 radical (unpaired) electrons. The van der Waals surface area contributed by atoms with Crippen LogP contribution in [-0.4, -0.2) is 11.7 Å². The summed E-state index contributed by atoms with van der Waals surface area (Å²) in [6.07, 6.45) is 0. The number of rotatable bonds is 4. The zero-order chi connectivity index (χ0) is 18.5. The molecule has 0 spiro atoms. The summed E-state index contributed by atoms with van der Waals surface area (Å²) in [4.78, 5) is 25.0. The van der Waals surface area contributed by atoms with Crippen LogP contribution in [0.1, 0.15) is 15.9 Å². The van der Waals surface area contributed by atoms with Crippen molar-refractivity contribution < 1.29 is 9.59 Å². The van der Waals surface area contributed by atoms with E-state index in [2.05, 4.69) is 5.32 Å². The van der Waals surface area contributed by atoms with Crippen LogP contribution < -0.4 is 5.32 Å². The monoisotopic (exact) mass is 339 g/mol. The summed E-state index contributed by atoms with van der Waals surface area (Å²) in [6.45, 7) is 0. The first-order valence-corrected chi connectivity index (χ1v) is 7.86. The van der Waals surface area contributed by atoms with E-state index in [1.54, 1.807) is 18.2 Å². The molecule has 0 aromatic heterocycles. The van der Waals surface area contributed by atoms with Crippen molar-refractivity contribution in [2.75, 3.05) is 5.32 Å². The van der Waals surface area contributed by atoms with Crippen molar-refractivity contribution in [3.8, 4) is 12.1 Å². The predicted molar refractivity (Wildman–Crippen MR) is 97.2 cm³/mol. The molecule has 124 valence electrons. The highest BCUT2D eigenvalue weighted by Gasteiger charge is 2.28. The third kappa shape index (κ3) is 3.28. The van der Waals surface area contributed by atoms with Gasteiger partial charge in [-0.25, -0.2) is 0 Å². The Labute approximate surface area is 150 Å². The number of carbonyl (C=O) groups is 2. The second-order valence-corrected chi connectivity index (χ2v) is 5.63. The molecule has 0 aliphatic rings. The Morgan fingerprint density at radius 1 is 0.885 bits per heavy atom. The Morgan fingerprint density at radius 2 is 1.58 bits per heavy atom. The number of hydrogen-bond acceptors (Lipinski definition) is 4. The van der Waals surface area contributed by atoms with E-state index in [1.807, 2.05) is 36.4 Å². The molecule has 0 unspecified atom stereocenters. The van der Waals surface area contributed by atoms with E-state index in [1.165, 1.54) is 24.3 Å². The lowest BCUT2D eigenvalue weighted by atomic mass is 9.97. The number of ketones is 1. The van der Waals surface area contributed by atoms with Gasteiger partial charge in [-0.2, -0.15) is 10.5 Å². The Balaban J connectivity index is 1.85. The number of carbonyl (C=O) groups excluding carboxylic acids is 2. The van der Waals surface area contributed by atoms with E-state index in [0.29, 0.717) is 11.3 Å². The fourth-order valence-corrected chi connectivity index (χ4v) is 2.65. The SMILES string of the molecule is N#Cc1ccc(C(=O)[C@@H](C#N)C(=O)Nc2cccc3ccccc23)cc1. The molecule has 0 bridgehead atoms. The highest BCUT2D eigenvalue weighted by atomic mass is 16.2. The van der Waals surface area contributed by atoms with Crippen LogP contribution in [0.5, 0.6) is 0 Å². The molecule has 0 saturated carbocycles. The minimum atomic E-state index is -1.47. The Bertz CT molecular complexity index is 1070. The van der Waals surface area contributed by atoms with Gasteiger partial charge in [-0.1, -0.05) is 48.5 Å². The van der Waals surface area contributed by atoms with Gasteiger partial charge in [0.15, 0.2) is 11.7 Å². The van der Waals surface area contributed by atoms with Crippen molar-refractivity contribution in [2.24, 2.45) is 5.92 Å². The van der Waals surface area contributed by atoms with E-state index in [4.69, 9.17) is 5.26 Å². The first kappa shape index (κ1) is 16.9. The lowest BCUT2D eigenvalue weighted by Crippen LogP contribution is -2.28. The fourth-order valence-electron chi connectivity index (χ4n) is 2.65. The smallest absolute Gasteiger partial charge is 0.249 e. The molecule has 3 aromatic carbocycles. The molecule has 1 amide bonds. The number of benzene rings is 3. The van der Waals surface area contributed by atoms with Crippen LogP contribution in [0.15, 0.2) is 66.7 Å². The first-order chi connectivity index (χ1) is 12.6. The molecule has 26 heavy (non-hydrogen) atoms. The van der Waals surface area contributed by atoms with Crippen LogP contribution in [-0.2, 0) is 4.79 Å². The summed E-state index contributed by atoms with van der Waals surface area (Å²) < 4.78 is 0. The van der Waals surface area contributed by atoms with E-state index in [0.717, 1.165) is 10.8 Å². The molecule has 3 aromatic rings. The van der Waals surface area contributed by atoms with Gasteiger partial charge in [-0.15, -0.1) is 0 Å². The molecule has 0 aliphatic carbocycles. The van der Waals surface area contributed by atoms with E-state index in [-0.39, 0.29) is 5.56 Å². The third-order valence-corrected chi connectivity index (χ3v) is 4.00. The van der Waals surface area contributed by atoms with Crippen molar-refractivity contribution in [3.05, 3.63) is 77.9 Å². The molecule has 0 heterocycles. The van der Waals surface area contributed by atoms with E-state index >= 15 is 0 Å². The third-order valence-electron chi connectivity index (χ3n) is 4.00. The molecule has 5 nitrogen and oxygen atoms in total. The van der Waals surface area contributed by atoms with Crippen LogP contribution in [0, 0.1) is 28.6 Å². The summed E-state index contributed by atoms with van der Waals surface area (Å²) >= 11 is 0. The molecule has 5 heteroatoms. The van der Waals surface area contributed by atoms with Gasteiger partial charge in [0.25, 0.3) is 0 Å². The van der Waals surface area contributed by atoms with Crippen LogP contribution in [0.25, 0.3) is 10.8 Å². The zero-order valence-electron chi connectivity index (χ0n) is 13.6. The number of nitrogens with one attached hydrogen (secondary N) is 1. The van der Waals surface area contributed by atoms with Gasteiger partial charge in [0.2, 0.25) is 5.91 Å². The van der Waals surface area contributed by atoms with Gasteiger partial charge in [-0.3, -0.25) is 9.59 Å². The average molecular weight is 339 g/mol. The summed E-state index contributed by atoms with van der Waals surface area (Å²) in [5, 5.41) is 22.6. The molecule has 0 aliphatic heterocycles. The van der Waals surface area contributed by atoms with Crippen LogP contribution in [0.4, 0.5) is 5.69 Å². The number of anilines is 1. The number of amides is 1. The highest BCUT2D eigenvalue weighted by Crippen LogP contribution is 2.24. The van der Waals surface area contributed by atoms with Gasteiger partial charge in [0.1, 0.15) is 0 Å². The summed E-state index contributed by atoms with van der Waals surface area (Å²) in [5.74, 6) is -2.75. The van der Waals surface area contributed by atoms with Crippen molar-refractivity contribution in [1.82, 2.24) is 0 Å². The minimum Gasteiger partial charge on any atom is -0.324 e. The van der Waals surface area contributed by atoms with Crippen molar-refractivity contribution in [1.29, 1.82) is 10.5 Å². The van der Waals surface area contributed by atoms with Gasteiger partial charge in [0, 0.05) is 16.6 Å². The molecule has 0 saturated heterocycles. The van der Waals surface area contributed by atoms with Crippen LogP contribution in [0.2, 0.25) is 0 Å². The second kappa shape index (κ2) is 7.29. The van der Waals surface area contributed by atoms with E-state index < -0.39 is 17.6 Å².